The molecular formula is C22H21N5O. The first-order valence-electron chi connectivity index (χ1n) is 9.49. The molecule has 6 heteroatoms. The molecule has 0 spiro atoms. The number of guanidine groups is 1. The number of benzene rings is 2. The molecule has 0 fully saturated rings. The molecule has 2 aliphatic rings. The lowest BCUT2D eigenvalue weighted by atomic mass is 10.1. The average Bonchev–Trinajstić information content (AvgIpc) is 3.32. The van der Waals surface area contributed by atoms with Crippen LogP contribution >= 0.6 is 0 Å². The van der Waals surface area contributed by atoms with Crippen molar-refractivity contribution in [2.75, 3.05) is 18.5 Å². The van der Waals surface area contributed by atoms with E-state index in [1.54, 1.807) is 11.9 Å². The van der Waals surface area contributed by atoms with Crippen molar-refractivity contribution in [3.8, 4) is 0 Å². The summed E-state index contributed by atoms with van der Waals surface area (Å²) in [6, 6.07) is 20.6. The van der Waals surface area contributed by atoms with E-state index in [0.717, 1.165) is 24.4 Å². The molecule has 140 valence electrons. The number of rotatable bonds is 4. The van der Waals surface area contributed by atoms with E-state index in [1.807, 2.05) is 36.4 Å². The number of carbonyl (C=O) groups is 1. The van der Waals surface area contributed by atoms with Gasteiger partial charge in [-0.3, -0.25) is 14.6 Å². The Morgan fingerprint density at radius 1 is 1.04 bits per heavy atom. The summed E-state index contributed by atoms with van der Waals surface area (Å²) in [5.74, 6) is 2.10. The maximum absolute atomic E-state index is 12.8. The van der Waals surface area contributed by atoms with Gasteiger partial charge in [0.05, 0.1) is 12.6 Å². The Bertz CT molecular complexity index is 1040. The van der Waals surface area contributed by atoms with Crippen molar-refractivity contribution in [2.45, 2.75) is 18.9 Å². The molecular weight excluding hydrogens is 350 g/mol. The molecule has 0 unspecified atom stereocenters. The fourth-order valence-electron chi connectivity index (χ4n) is 3.90. The number of anilines is 1. The van der Waals surface area contributed by atoms with E-state index >= 15 is 0 Å². The number of hydrogen-bond acceptors (Lipinski definition) is 4. The first kappa shape index (κ1) is 16.7. The van der Waals surface area contributed by atoms with Gasteiger partial charge >= 0.3 is 0 Å². The normalized spacial score (nSPS) is 18.1. The Balaban J connectivity index is 1.43. The van der Waals surface area contributed by atoms with Crippen LogP contribution in [0, 0.1) is 0 Å². The van der Waals surface area contributed by atoms with Gasteiger partial charge in [0.15, 0.2) is 5.82 Å². The molecule has 28 heavy (non-hydrogen) atoms. The van der Waals surface area contributed by atoms with Gasteiger partial charge in [0.1, 0.15) is 11.5 Å². The molecule has 0 saturated heterocycles. The molecule has 2 aliphatic heterocycles. The molecule has 6 nitrogen and oxygen atoms in total. The summed E-state index contributed by atoms with van der Waals surface area (Å²) in [5, 5.41) is 0. The van der Waals surface area contributed by atoms with Crippen molar-refractivity contribution < 1.29 is 4.79 Å². The summed E-state index contributed by atoms with van der Waals surface area (Å²) < 4.78 is 0. The Kier molecular flexibility index (Phi) is 3.97. The number of aliphatic imine (C=N–C) groups is 1. The zero-order valence-electron chi connectivity index (χ0n) is 15.7. The van der Waals surface area contributed by atoms with Crippen LogP contribution in [-0.2, 0) is 12.8 Å². The Hall–Kier alpha value is -3.41. The number of nitrogens with zero attached hydrogens (tertiary/aromatic N) is 4. The van der Waals surface area contributed by atoms with Crippen LogP contribution < -0.4 is 4.90 Å². The Labute approximate surface area is 163 Å². The van der Waals surface area contributed by atoms with Crippen molar-refractivity contribution in [3.05, 3.63) is 83.3 Å². The summed E-state index contributed by atoms with van der Waals surface area (Å²) >= 11 is 0. The van der Waals surface area contributed by atoms with Crippen LogP contribution in [0.5, 0.6) is 0 Å². The third-order valence-electron chi connectivity index (χ3n) is 5.27. The van der Waals surface area contributed by atoms with Crippen molar-refractivity contribution in [2.24, 2.45) is 4.99 Å². The van der Waals surface area contributed by atoms with E-state index in [2.05, 4.69) is 34.1 Å². The van der Waals surface area contributed by atoms with Gasteiger partial charge in [-0.1, -0.05) is 60.7 Å². The number of carbonyl (C=O) groups excluding carboxylic acids is 1. The van der Waals surface area contributed by atoms with Crippen molar-refractivity contribution >= 4 is 17.7 Å². The minimum absolute atomic E-state index is 0.0860. The van der Waals surface area contributed by atoms with Crippen LogP contribution in [0.15, 0.2) is 65.7 Å². The van der Waals surface area contributed by atoms with Gasteiger partial charge in [-0.25, -0.2) is 9.98 Å². The highest BCUT2D eigenvalue weighted by Gasteiger charge is 2.40. The SMILES string of the molecule is CN1C(=O)c2[nH]c(Cc3ccccc3)nc2N2C[C@@H](Cc3ccccc3)N=C12. The number of aromatic nitrogens is 2. The number of imidazole rings is 1. The quantitative estimate of drug-likeness (QED) is 0.767. The molecule has 1 atom stereocenters. The van der Waals surface area contributed by atoms with Crippen LogP contribution in [0.25, 0.3) is 0 Å². The zero-order chi connectivity index (χ0) is 19.1. The van der Waals surface area contributed by atoms with E-state index < -0.39 is 0 Å². The highest BCUT2D eigenvalue weighted by atomic mass is 16.2. The zero-order valence-corrected chi connectivity index (χ0v) is 15.7. The number of hydrogen-bond donors (Lipinski definition) is 1. The molecule has 1 N–H and O–H groups in total. The maximum atomic E-state index is 12.8. The molecule has 0 radical (unpaired) electrons. The van der Waals surface area contributed by atoms with Gasteiger partial charge in [-0.05, 0) is 17.5 Å². The van der Waals surface area contributed by atoms with Crippen molar-refractivity contribution in [1.29, 1.82) is 0 Å². The highest BCUT2D eigenvalue weighted by molar-refractivity contribution is 6.17. The smallest absolute Gasteiger partial charge is 0.280 e. The first-order valence-corrected chi connectivity index (χ1v) is 9.49. The third-order valence-corrected chi connectivity index (χ3v) is 5.27. The van der Waals surface area contributed by atoms with Crippen LogP contribution in [0.1, 0.15) is 27.4 Å². The molecule has 5 rings (SSSR count). The maximum Gasteiger partial charge on any atom is 0.280 e. The monoisotopic (exact) mass is 371 g/mol. The van der Waals surface area contributed by atoms with E-state index in [9.17, 15) is 4.79 Å². The summed E-state index contributed by atoms with van der Waals surface area (Å²) in [6.07, 6.45) is 1.51. The third kappa shape index (κ3) is 2.87. The Morgan fingerprint density at radius 3 is 2.43 bits per heavy atom. The fourth-order valence-corrected chi connectivity index (χ4v) is 3.90. The number of H-pyrrole nitrogens is 1. The largest absolute Gasteiger partial charge is 0.336 e. The summed E-state index contributed by atoms with van der Waals surface area (Å²) in [7, 11) is 1.78. The molecule has 1 aromatic heterocycles. The molecule has 0 saturated carbocycles. The predicted molar refractivity (Wildman–Crippen MR) is 109 cm³/mol. The first-order chi connectivity index (χ1) is 13.7. The molecule has 1 amide bonds. The lowest BCUT2D eigenvalue weighted by molar-refractivity contribution is 0.0860. The molecule has 3 aromatic rings. The minimum Gasteiger partial charge on any atom is -0.336 e. The van der Waals surface area contributed by atoms with E-state index in [0.29, 0.717) is 23.9 Å². The number of amides is 1. The lowest BCUT2D eigenvalue weighted by Gasteiger charge is -2.30. The second kappa shape index (κ2) is 6.64. The Morgan fingerprint density at radius 2 is 1.71 bits per heavy atom. The molecule has 0 bridgehead atoms. The van der Waals surface area contributed by atoms with Gasteiger partial charge < -0.3 is 4.98 Å². The van der Waals surface area contributed by atoms with E-state index in [-0.39, 0.29) is 11.9 Å². The van der Waals surface area contributed by atoms with Crippen LogP contribution in [0.2, 0.25) is 0 Å². The van der Waals surface area contributed by atoms with Crippen LogP contribution in [-0.4, -0.2) is 46.4 Å². The second-order valence-corrected chi connectivity index (χ2v) is 7.29. The van der Waals surface area contributed by atoms with Crippen molar-refractivity contribution in [3.63, 3.8) is 0 Å². The van der Waals surface area contributed by atoms with E-state index in [1.165, 1.54) is 5.56 Å². The highest BCUT2D eigenvalue weighted by Crippen LogP contribution is 2.30. The minimum atomic E-state index is -0.0860. The molecule has 0 aliphatic carbocycles. The van der Waals surface area contributed by atoms with Crippen LogP contribution in [0.3, 0.4) is 0 Å². The summed E-state index contributed by atoms with van der Waals surface area (Å²) in [4.78, 5) is 29.3. The van der Waals surface area contributed by atoms with Gasteiger partial charge in [0.2, 0.25) is 5.96 Å². The van der Waals surface area contributed by atoms with Crippen molar-refractivity contribution in [1.82, 2.24) is 14.9 Å². The second-order valence-electron chi connectivity index (χ2n) is 7.29. The molecule has 3 heterocycles. The van der Waals surface area contributed by atoms with E-state index in [4.69, 9.17) is 9.98 Å². The van der Waals surface area contributed by atoms with Gasteiger partial charge in [0.25, 0.3) is 5.91 Å². The predicted octanol–water partition coefficient (Wildman–Crippen LogP) is 2.87. The summed E-state index contributed by atoms with van der Waals surface area (Å²) in [6.45, 7) is 0.727. The lowest BCUT2D eigenvalue weighted by Crippen LogP contribution is -2.48. The van der Waals surface area contributed by atoms with Gasteiger partial charge in [0, 0.05) is 13.5 Å². The van der Waals surface area contributed by atoms with Gasteiger partial charge in [-0.2, -0.15) is 0 Å². The van der Waals surface area contributed by atoms with Gasteiger partial charge in [-0.15, -0.1) is 0 Å². The number of fused-ring (bicyclic) bond motifs is 3. The number of nitrogens with one attached hydrogen (secondary N) is 1. The fraction of sp³-hybridized carbons (Fsp3) is 0.227. The standard InChI is InChI=1S/C22H21N5O/c1-26-21(28)19-20(25-18(24-19)13-16-10-6-3-7-11-16)27-14-17(23-22(26)27)12-15-8-4-2-5-9-15/h2-11,17H,12-14H2,1H3,(H,24,25)/t17-/m1/s1. The molecule has 2 aromatic carbocycles. The van der Waals surface area contributed by atoms with Crippen LogP contribution in [0.4, 0.5) is 5.82 Å². The topological polar surface area (TPSA) is 64.6 Å². The number of aromatic amines is 1. The summed E-state index contributed by atoms with van der Waals surface area (Å²) in [5.41, 5.74) is 2.96. The average molecular weight is 371 g/mol.